The van der Waals surface area contributed by atoms with Crippen molar-refractivity contribution in [2.75, 3.05) is 20.0 Å². The van der Waals surface area contributed by atoms with Gasteiger partial charge >= 0.3 is 0 Å². The number of aliphatic hydroxyl groups is 2. The monoisotopic (exact) mass is 342 g/mol. The van der Waals surface area contributed by atoms with Crippen LogP contribution in [0.4, 0.5) is 0 Å². The number of rotatable bonds is 5. The minimum Gasteiger partial charge on any atom is -0.454 e. The molecule has 2 aromatic carbocycles. The Morgan fingerprint density at radius 2 is 1.64 bits per heavy atom. The Labute approximate surface area is 146 Å². The van der Waals surface area contributed by atoms with E-state index in [1.165, 1.54) is 0 Å². The molecule has 132 valence electrons. The lowest BCUT2D eigenvalue weighted by Gasteiger charge is -2.20. The average molecular weight is 342 g/mol. The van der Waals surface area contributed by atoms with Crippen molar-refractivity contribution >= 4 is 0 Å². The van der Waals surface area contributed by atoms with Crippen molar-refractivity contribution in [3.8, 4) is 11.5 Å². The number of ether oxygens (including phenoxy) is 3. The number of aliphatic hydroxyl groups excluding tert-OH is 2. The third kappa shape index (κ3) is 3.11. The molecule has 0 aromatic heterocycles. The quantitative estimate of drug-likeness (QED) is 0.873. The predicted octanol–water partition coefficient (Wildman–Crippen LogP) is 2.31. The second kappa shape index (κ2) is 7.04. The van der Waals surface area contributed by atoms with Crippen LogP contribution in [-0.2, 0) is 11.2 Å². The second-order valence-corrected chi connectivity index (χ2v) is 6.59. The minimum absolute atomic E-state index is 0.0101. The predicted molar refractivity (Wildman–Crippen MR) is 91.5 cm³/mol. The Morgan fingerprint density at radius 3 is 2.40 bits per heavy atom. The van der Waals surface area contributed by atoms with E-state index in [-0.39, 0.29) is 44.1 Å². The summed E-state index contributed by atoms with van der Waals surface area (Å²) >= 11 is 0. The van der Waals surface area contributed by atoms with Crippen molar-refractivity contribution in [2.24, 2.45) is 11.8 Å². The van der Waals surface area contributed by atoms with Gasteiger partial charge in [0.25, 0.3) is 0 Å². The molecule has 4 rings (SSSR count). The highest BCUT2D eigenvalue weighted by molar-refractivity contribution is 5.44. The van der Waals surface area contributed by atoms with Crippen LogP contribution in [0.3, 0.4) is 0 Å². The first-order valence-corrected chi connectivity index (χ1v) is 8.61. The van der Waals surface area contributed by atoms with Crippen molar-refractivity contribution < 1.29 is 24.4 Å². The zero-order chi connectivity index (χ0) is 17.2. The van der Waals surface area contributed by atoms with E-state index >= 15 is 0 Å². The normalized spacial score (nSPS) is 27.6. The molecular formula is C20H22O5. The summed E-state index contributed by atoms with van der Waals surface area (Å²) in [5, 5.41) is 19.8. The van der Waals surface area contributed by atoms with Crippen LogP contribution in [0.15, 0.2) is 48.5 Å². The van der Waals surface area contributed by atoms with Crippen LogP contribution in [0.1, 0.15) is 17.2 Å². The molecule has 0 saturated carbocycles. The number of hydrogen-bond acceptors (Lipinski definition) is 5. The molecule has 2 aromatic rings. The Morgan fingerprint density at radius 1 is 0.880 bits per heavy atom. The Bertz CT molecular complexity index is 717. The molecule has 0 unspecified atom stereocenters. The Hall–Kier alpha value is -2.08. The number of benzene rings is 2. The summed E-state index contributed by atoms with van der Waals surface area (Å²) in [6.45, 7) is 0.229. The van der Waals surface area contributed by atoms with Gasteiger partial charge in [-0.1, -0.05) is 36.4 Å². The van der Waals surface area contributed by atoms with Crippen molar-refractivity contribution in [3.05, 3.63) is 59.7 Å². The average Bonchev–Trinajstić information content (AvgIpc) is 3.25. The summed E-state index contributed by atoms with van der Waals surface area (Å²) in [6, 6.07) is 15.8. The maximum absolute atomic E-state index is 9.90. The van der Waals surface area contributed by atoms with Crippen molar-refractivity contribution in [3.63, 3.8) is 0 Å². The second-order valence-electron chi connectivity index (χ2n) is 6.59. The third-order valence-corrected chi connectivity index (χ3v) is 5.16. The van der Waals surface area contributed by atoms with Crippen molar-refractivity contribution in [1.82, 2.24) is 0 Å². The van der Waals surface area contributed by atoms with Gasteiger partial charge in [-0.2, -0.15) is 0 Å². The van der Waals surface area contributed by atoms with Gasteiger partial charge in [0.2, 0.25) is 6.79 Å². The molecule has 1 fully saturated rings. The van der Waals surface area contributed by atoms with Gasteiger partial charge in [-0.15, -0.1) is 0 Å². The molecule has 2 N–H and O–H groups in total. The molecular weight excluding hydrogens is 320 g/mol. The highest BCUT2D eigenvalue weighted by atomic mass is 16.7. The summed E-state index contributed by atoms with van der Waals surface area (Å²) in [7, 11) is 0. The van der Waals surface area contributed by atoms with Gasteiger partial charge in [-0.3, -0.25) is 0 Å². The van der Waals surface area contributed by atoms with E-state index in [4.69, 9.17) is 14.2 Å². The lowest BCUT2D eigenvalue weighted by Crippen LogP contribution is -2.28. The fraction of sp³-hybridized carbons (Fsp3) is 0.400. The third-order valence-electron chi connectivity index (χ3n) is 5.16. The van der Waals surface area contributed by atoms with Crippen LogP contribution in [0, 0.1) is 11.8 Å². The van der Waals surface area contributed by atoms with Crippen LogP contribution in [0.5, 0.6) is 11.5 Å². The lowest BCUT2D eigenvalue weighted by atomic mass is 9.84. The fourth-order valence-corrected chi connectivity index (χ4v) is 3.84. The first-order valence-electron chi connectivity index (χ1n) is 8.61. The van der Waals surface area contributed by atoms with Gasteiger partial charge in [-0.05, 0) is 29.7 Å². The van der Waals surface area contributed by atoms with Gasteiger partial charge in [-0.25, -0.2) is 0 Å². The van der Waals surface area contributed by atoms with Crippen LogP contribution in [0.2, 0.25) is 0 Å². The maximum atomic E-state index is 9.90. The minimum atomic E-state index is -0.206. The molecule has 0 spiro atoms. The Balaban J connectivity index is 1.56. The summed E-state index contributed by atoms with van der Waals surface area (Å²) < 4.78 is 17.1. The smallest absolute Gasteiger partial charge is 0.231 e. The van der Waals surface area contributed by atoms with Gasteiger partial charge in [0.15, 0.2) is 11.5 Å². The number of fused-ring (bicyclic) bond motifs is 1. The molecule has 4 atom stereocenters. The zero-order valence-corrected chi connectivity index (χ0v) is 13.9. The molecule has 25 heavy (non-hydrogen) atoms. The van der Waals surface area contributed by atoms with Crippen LogP contribution >= 0.6 is 0 Å². The highest BCUT2D eigenvalue weighted by Gasteiger charge is 2.44. The first-order chi connectivity index (χ1) is 12.3. The molecule has 2 heterocycles. The molecule has 1 saturated heterocycles. The van der Waals surface area contributed by atoms with E-state index in [1.807, 2.05) is 48.5 Å². The van der Waals surface area contributed by atoms with Crippen LogP contribution in [0.25, 0.3) is 0 Å². The molecule has 0 radical (unpaired) electrons. The van der Waals surface area contributed by atoms with E-state index in [1.54, 1.807) is 0 Å². The lowest BCUT2D eigenvalue weighted by molar-refractivity contribution is 0.0200. The van der Waals surface area contributed by atoms with Crippen molar-refractivity contribution in [2.45, 2.75) is 18.6 Å². The van der Waals surface area contributed by atoms with Gasteiger partial charge in [0, 0.05) is 25.0 Å². The van der Waals surface area contributed by atoms with Crippen LogP contribution < -0.4 is 9.47 Å². The van der Waals surface area contributed by atoms with E-state index in [0.717, 1.165) is 22.6 Å². The highest BCUT2D eigenvalue weighted by Crippen LogP contribution is 2.43. The summed E-state index contributed by atoms with van der Waals surface area (Å²) in [6.07, 6.45) is 0.289. The van der Waals surface area contributed by atoms with E-state index in [9.17, 15) is 10.2 Å². The standard InChI is InChI=1S/C20H22O5/c21-10-15-16(11-22)20(14-4-2-1-3-5-14)25-18(15)8-13-6-7-17-19(9-13)24-12-23-17/h1-7,9,15-16,18,20-22H,8,10-12H2/t15-,16+,18-,20+/m0/s1. The number of hydrogen-bond donors (Lipinski definition) is 2. The molecule has 2 aliphatic heterocycles. The SMILES string of the molecule is OC[C@@H]1[C@H](CO)[C@H](Cc2ccc3c(c2)OCO3)O[C@@H]1c1ccccc1. The van der Waals surface area contributed by atoms with E-state index < -0.39 is 0 Å². The summed E-state index contributed by atoms with van der Waals surface area (Å²) in [4.78, 5) is 0. The largest absolute Gasteiger partial charge is 0.454 e. The zero-order valence-electron chi connectivity index (χ0n) is 13.9. The molecule has 0 aliphatic carbocycles. The fourth-order valence-electron chi connectivity index (χ4n) is 3.84. The Kier molecular flexibility index (Phi) is 4.61. The summed E-state index contributed by atoms with van der Waals surface area (Å²) in [5.41, 5.74) is 2.10. The van der Waals surface area contributed by atoms with Crippen molar-refractivity contribution in [1.29, 1.82) is 0 Å². The maximum Gasteiger partial charge on any atom is 0.231 e. The van der Waals surface area contributed by atoms with Gasteiger partial charge < -0.3 is 24.4 Å². The first kappa shape index (κ1) is 16.4. The van der Waals surface area contributed by atoms with E-state index in [0.29, 0.717) is 6.42 Å². The molecule has 5 nitrogen and oxygen atoms in total. The summed E-state index contributed by atoms with van der Waals surface area (Å²) in [5.74, 6) is 1.27. The van der Waals surface area contributed by atoms with E-state index in [2.05, 4.69) is 0 Å². The van der Waals surface area contributed by atoms with Crippen LogP contribution in [-0.4, -0.2) is 36.3 Å². The topological polar surface area (TPSA) is 68.2 Å². The molecule has 0 amide bonds. The van der Waals surface area contributed by atoms with Gasteiger partial charge in [0.05, 0.1) is 12.2 Å². The molecule has 2 aliphatic rings. The molecule has 0 bridgehead atoms. The van der Waals surface area contributed by atoms with Gasteiger partial charge in [0.1, 0.15) is 0 Å². The molecule has 5 heteroatoms.